The highest BCUT2D eigenvalue weighted by atomic mass is 16.3. The maximum absolute atomic E-state index is 10.4. The molecule has 0 aliphatic heterocycles. The van der Waals surface area contributed by atoms with Crippen LogP contribution in [-0.2, 0) is 0 Å². The zero-order chi connectivity index (χ0) is 13.8. The molecule has 1 atom stereocenters. The minimum Gasteiger partial charge on any atom is -0.387 e. The van der Waals surface area contributed by atoms with Crippen molar-refractivity contribution in [2.75, 3.05) is 11.9 Å². The lowest BCUT2D eigenvalue weighted by Crippen LogP contribution is -2.14. The Hall–Kier alpha value is -1.80. The third kappa shape index (κ3) is 3.36. The molecule has 0 fully saturated rings. The first-order valence-corrected chi connectivity index (χ1v) is 6.62. The van der Waals surface area contributed by atoms with E-state index in [4.69, 9.17) is 0 Å². The first-order chi connectivity index (χ1) is 9.08. The van der Waals surface area contributed by atoms with Gasteiger partial charge in [-0.2, -0.15) is 0 Å². The van der Waals surface area contributed by atoms with Crippen LogP contribution in [0.2, 0.25) is 0 Å². The van der Waals surface area contributed by atoms with Crippen LogP contribution in [0.15, 0.2) is 42.5 Å². The van der Waals surface area contributed by atoms with Crippen LogP contribution in [0.25, 0.3) is 0 Å². The molecule has 2 nitrogen and oxygen atoms in total. The molecule has 1 unspecified atom stereocenters. The summed E-state index contributed by atoms with van der Waals surface area (Å²) >= 11 is 0. The van der Waals surface area contributed by atoms with Crippen LogP contribution in [0.3, 0.4) is 0 Å². The molecule has 0 saturated heterocycles. The van der Waals surface area contributed by atoms with E-state index in [9.17, 15) is 5.11 Å². The maximum atomic E-state index is 10.4. The fourth-order valence-corrected chi connectivity index (χ4v) is 2.59. The van der Waals surface area contributed by atoms with E-state index in [1.165, 1.54) is 5.56 Å². The normalized spacial score (nSPS) is 12.2. The number of aliphatic hydroxyl groups excluding tert-OH is 1. The topological polar surface area (TPSA) is 32.3 Å². The molecule has 0 heterocycles. The molecule has 0 aliphatic carbocycles. The largest absolute Gasteiger partial charge is 0.387 e. The predicted octanol–water partition coefficient (Wildman–Crippen LogP) is 3.76. The number of aliphatic hydroxyl groups is 1. The smallest absolute Gasteiger partial charge is 0.0967 e. The molecule has 19 heavy (non-hydrogen) atoms. The third-order valence-corrected chi connectivity index (χ3v) is 3.34. The summed E-state index contributed by atoms with van der Waals surface area (Å²) in [5.74, 6) is 0. The predicted molar refractivity (Wildman–Crippen MR) is 80.5 cm³/mol. The molecule has 0 amide bonds. The fourth-order valence-electron chi connectivity index (χ4n) is 2.59. The highest BCUT2D eigenvalue weighted by Gasteiger charge is 2.13. The lowest BCUT2D eigenvalue weighted by Gasteiger charge is -2.18. The van der Waals surface area contributed by atoms with Crippen molar-refractivity contribution in [3.05, 3.63) is 64.7 Å². The van der Waals surface area contributed by atoms with Crippen LogP contribution in [-0.4, -0.2) is 11.7 Å². The second kappa shape index (κ2) is 5.89. The van der Waals surface area contributed by atoms with E-state index in [2.05, 4.69) is 38.2 Å². The summed E-state index contributed by atoms with van der Waals surface area (Å²) in [6, 6.07) is 14.2. The monoisotopic (exact) mass is 255 g/mol. The van der Waals surface area contributed by atoms with Gasteiger partial charge in [0.05, 0.1) is 6.10 Å². The molecule has 0 aromatic heterocycles. The van der Waals surface area contributed by atoms with Gasteiger partial charge in [-0.3, -0.25) is 0 Å². The van der Waals surface area contributed by atoms with Crippen LogP contribution in [0.5, 0.6) is 0 Å². The van der Waals surface area contributed by atoms with Crippen molar-refractivity contribution in [2.45, 2.75) is 26.9 Å². The van der Waals surface area contributed by atoms with Gasteiger partial charge in [0.15, 0.2) is 0 Å². The van der Waals surface area contributed by atoms with Gasteiger partial charge in [0, 0.05) is 12.2 Å². The van der Waals surface area contributed by atoms with Crippen LogP contribution in [0.4, 0.5) is 5.69 Å². The Labute approximate surface area is 115 Å². The first kappa shape index (κ1) is 13.6. The Morgan fingerprint density at radius 2 is 1.58 bits per heavy atom. The molecular formula is C17H21NO. The van der Waals surface area contributed by atoms with Gasteiger partial charge in [0.2, 0.25) is 0 Å². The van der Waals surface area contributed by atoms with Gasteiger partial charge < -0.3 is 10.4 Å². The summed E-state index contributed by atoms with van der Waals surface area (Å²) in [5.41, 5.74) is 5.61. The van der Waals surface area contributed by atoms with E-state index in [-0.39, 0.29) is 0 Å². The summed E-state index contributed by atoms with van der Waals surface area (Å²) in [5, 5.41) is 13.6. The Balaban J connectivity index is 2.10. The van der Waals surface area contributed by atoms with Crippen LogP contribution < -0.4 is 5.32 Å². The van der Waals surface area contributed by atoms with E-state index >= 15 is 0 Å². The number of aryl methyl sites for hydroxylation is 3. The van der Waals surface area contributed by atoms with Crippen molar-refractivity contribution in [1.29, 1.82) is 0 Å². The molecule has 2 N–H and O–H groups in total. The van der Waals surface area contributed by atoms with Crippen molar-refractivity contribution < 1.29 is 5.11 Å². The molecule has 0 aliphatic rings. The van der Waals surface area contributed by atoms with E-state index in [0.29, 0.717) is 6.54 Å². The molecule has 0 radical (unpaired) electrons. The van der Waals surface area contributed by atoms with Crippen molar-refractivity contribution in [1.82, 2.24) is 0 Å². The summed E-state index contributed by atoms with van der Waals surface area (Å²) in [6.45, 7) is 6.72. The highest BCUT2D eigenvalue weighted by Crippen LogP contribution is 2.24. The Kier molecular flexibility index (Phi) is 4.23. The molecular weight excluding hydrogens is 234 g/mol. The zero-order valence-corrected chi connectivity index (χ0v) is 11.8. The Morgan fingerprint density at radius 3 is 2.16 bits per heavy atom. The summed E-state index contributed by atoms with van der Waals surface area (Å²) in [6.07, 6.45) is -0.485. The number of benzene rings is 2. The SMILES string of the molecule is Cc1cc(C)c(C(O)CNc2ccccc2)c(C)c1. The fraction of sp³-hybridized carbons (Fsp3) is 0.294. The second-order valence-corrected chi connectivity index (χ2v) is 5.08. The van der Waals surface area contributed by atoms with Gasteiger partial charge in [-0.15, -0.1) is 0 Å². The van der Waals surface area contributed by atoms with Crippen LogP contribution in [0, 0.1) is 20.8 Å². The average molecular weight is 255 g/mol. The number of hydrogen-bond donors (Lipinski definition) is 2. The molecule has 0 saturated carbocycles. The van der Waals surface area contributed by atoms with E-state index in [1.807, 2.05) is 30.3 Å². The van der Waals surface area contributed by atoms with Crippen molar-refractivity contribution >= 4 is 5.69 Å². The molecule has 2 heteroatoms. The zero-order valence-electron chi connectivity index (χ0n) is 11.8. The first-order valence-electron chi connectivity index (χ1n) is 6.62. The standard InChI is InChI=1S/C17H21NO/c1-12-9-13(2)17(14(3)10-12)16(19)11-18-15-7-5-4-6-8-15/h4-10,16,18-19H,11H2,1-3H3. The van der Waals surface area contributed by atoms with Gasteiger partial charge in [0.1, 0.15) is 0 Å². The number of rotatable bonds is 4. The minimum absolute atomic E-state index is 0.485. The van der Waals surface area contributed by atoms with Crippen molar-refractivity contribution in [3.63, 3.8) is 0 Å². The van der Waals surface area contributed by atoms with E-state index in [0.717, 1.165) is 22.4 Å². The Morgan fingerprint density at radius 1 is 1.00 bits per heavy atom. The molecule has 100 valence electrons. The minimum atomic E-state index is -0.485. The highest BCUT2D eigenvalue weighted by molar-refractivity contribution is 5.44. The number of anilines is 1. The number of nitrogens with one attached hydrogen (secondary N) is 1. The second-order valence-electron chi connectivity index (χ2n) is 5.08. The quantitative estimate of drug-likeness (QED) is 0.872. The average Bonchev–Trinajstić information content (AvgIpc) is 2.36. The lowest BCUT2D eigenvalue weighted by molar-refractivity contribution is 0.190. The lowest BCUT2D eigenvalue weighted by atomic mass is 9.95. The Bertz CT molecular complexity index is 525. The van der Waals surface area contributed by atoms with Gasteiger partial charge in [-0.1, -0.05) is 35.9 Å². The number of para-hydroxylation sites is 1. The molecule has 0 bridgehead atoms. The van der Waals surface area contributed by atoms with Gasteiger partial charge in [0.25, 0.3) is 0 Å². The van der Waals surface area contributed by atoms with Crippen LogP contribution >= 0.6 is 0 Å². The molecule has 2 aromatic rings. The molecule has 2 rings (SSSR count). The van der Waals surface area contributed by atoms with Gasteiger partial charge >= 0.3 is 0 Å². The van der Waals surface area contributed by atoms with E-state index in [1.54, 1.807) is 0 Å². The van der Waals surface area contributed by atoms with Crippen molar-refractivity contribution in [2.24, 2.45) is 0 Å². The number of hydrogen-bond acceptors (Lipinski definition) is 2. The molecule has 0 spiro atoms. The summed E-state index contributed by atoms with van der Waals surface area (Å²) < 4.78 is 0. The van der Waals surface area contributed by atoms with Crippen LogP contribution in [0.1, 0.15) is 28.4 Å². The van der Waals surface area contributed by atoms with Crippen molar-refractivity contribution in [3.8, 4) is 0 Å². The summed E-state index contributed by atoms with van der Waals surface area (Å²) in [4.78, 5) is 0. The third-order valence-electron chi connectivity index (χ3n) is 3.34. The maximum Gasteiger partial charge on any atom is 0.0967 e. The van der Waals surface area contributed by atoms with Gasteiger partial charge in [-0.25, -0.2) is 0 Å². The summed E-state index contributed by atoms with van der Waals surface area (Å²) in [7, 11) is 0. The van der Waals surface area contributed by atoms with Gasteiger partial charge in [-0.05, 0) is 49.6 Å². The molecule has 2 aromatic carbocycles. The van der Waals surface area contributed by atoms with E-state index < -0.39 is 6.10 Å².